The van der Waals surface area contributed by atoms with Gasteiger partial charge in [-0.2, -0.15) is 5.10 Å². The monoisotopic (exact) mass is 346 g/mol. The summed E-state index contributed by atoms with van der Waals surface area (Å²) in [4.78, 5) is 8.64. The van der Waals surface area contributed by atoms with Crippen molar-refractivity contribution >= 4 is 0 Å². The predicted octanol–water partition coefficient (Wildman–Crippen LogP) is 3.31. The van der Waals surface area contributed by atoms with Crippen molar-refractivity contribution in [3.05, 3.63) is 66.4 Å². The first-order valence-electron chi connectivity index (χ1n) is 8.46. The zero-order valence-electron chi connectivity index (χ0n) is 14.6. The molecule has 0 amide bonds. The number of hydrogen-bond acceptors (Lipinski definition) is 6. The third-order valence-corrected chi connectivity index (χ3v) is 3.98. The molecule has 0 spiro atoms. The molecule has 0 unspecified atom stereocenters. The molecule has 3 heterocycles. The van der Waals surface area contributed by atoms with E-state index < -0.39 is 0 Å². The van der Waals surface area contributed by atoms with E-state index in [1.807, 2.05) is 50.4 Å². The van der Waals surface area contributed by atoms with Crippen molar-refractivity contribution in [3.8, 4) is 22.5 Å². The lowest BCUT2D eigenvalue weighted by Gasteiger charge is -2.04. The molecule has 4 aromatic rings. The number of rotatable bonds is 5. The molecule has 0 aliphatic carbocycles. The number of benzene rings is 1. The molecule has 0 saturated carbocycles. The van der Waals surface area contributed by atoms with Gasteiger partial charge in [-0.15, -0.1) is 10.2 Å². The quantitative estimate of drug-likeness (QED) is 0.551. The smallest absolute Gasteiger partial charge is 0.237 e. The summed E-state index contributed by atoms with van der Waals surface area (Å²) in [6.45, 7) is 4.32. The number of aromatic nitrogens is 6. The van der Waals surface area contributed by atoms with Crippen molar-refractivity contribution in [2.24, 2.45) is 0 Å². The molecule has 7 heteroatoms. The van der Waals surface area contributed by atoms with Crippen LogP contribution in [-0.2, 0) is 13.0 Å². The molecule has 7 nitrogen and oxygen atoms in total. The van der Waals surface area contributed by atoms with Crippen molar-refractivity contribution in [3.63, 3.8) is 0 Å². The second-order valence-corrected chi connectivity index (χ2v) is 5.91. The Balaban J connectivity index is 1.58. The minimum absolute atomic E-state index is 0.456. The van der Waals surface area contributed by atoms with E-state index in [1.165, 1.54) is 0 Å². The lowest BCUT2D eigenvalue weighted by atomic mass is 10.1. The Kier molecular flexibility index (Phi) is 4.27. The lowest BCUT2D eigenvalue weighted by Crippen LogP contribution is -2.00. The minimum Gasteiger partial charge on any atom is -0.423 e. The predicted molar refractivity (Wildman–Crippen MR) is 96.2 cm³/mol. The van der Waals surface area contributed by atoms with Gasteiger partial charge in [-0.05, 0) is 25.1 Å². The topological polar surface area (TPSA) is 82.5 Å². The molecule has 1 aromatic carbocycles. The summed E-state index contributed by atoms with van der Waals surface area (Å²) < 4.78 is 7.34. The van der Waals surface area contributed by atoms with Gasteiger partial charge < -0.3 is 4.42 Å². The highest BCUT2D eigenvalue weighted by atomic mass is 16.4. The van der Waals surface area contributed by atoms with Gasteiger partial charge in [0.05, 0.1) is 11.4 Å². The molecule has 0 bridgehead atoms. The average molecular weight is 346 g/mol. The van der Waals surface area contributed by atoms with Gasteiger partial charge in [-0.25, -0.2) is 9.97 Å². The second kappa shape index (κ2) is 6.87. The van der Waals surface area contributed by atoms with Crippen LogP contribution < -0.4 is 0 Å². The van der Waals surface area contributed by atoms with Crippen LogP contribution in [0, 0.1) is 6.92 Å². The Hall–Kier alpha value is -3.35. The van der Waals surface area contributed by atoms with E-state index in [9.17, 15) is 0 Å². The summed E-state index contributed by atoms with van der Waals surface area (Å²) in [5.74, 6) is 1.95. The zero-order chi connectivity index (χ0) is 17.9. The standard InChI is InChI=1S/C19H18N6O/c1-3-18-22-23-19(26-18)12-25-10-8-17(24-25)15-6-4-5-14(11-15)16-7-9-20-13(2)21-16/h4-11H,3,12H2,1-2H3. The van der Waals surface area contributed by atoms with Crippen LogP contribution in [-0.4, -0.2) is 29.9 Å². The van der Waals surface area contributed by atoms with Crippen LogP contribution in [0.3, 0.4) is 0 Å². The first kappa shape index (κ1) is 16.1. The highest BCUT2D eigenvalue weighted by molar-refractivity contribution is 5.69. The van der Waals surface area contributed by atoms with Gasteiger partial charge in [0, 0.05) is 29.9 Å². The summed E-state index contributed by atoms with van der Waals surface area (Å²) in [7, 11) is 0. The summed E-state index contributed by atoms with van der Waals surface area (Å²) in [6.07, 6.45) is 4.41. The van der Waals surface area contributed by atoms with E-state index in [1.54, 1.807) is 10.9 Å². The summed E-state index contributed by atoms with van der Waals surface area (Å²) in [6, 6.07) is 12.0. The van der Waals surface area contributed by atoms with E-state index >= 15 is 0 Å². The first-order valence-corrected chi connectivity index (χ1v) is 8.46. The van der Waals surface area contributed by atoms with Gasteiger partial charge in [0.25, 0.3) is 0 Å². The number of aryl methyl sites for hydroxylation is 2. The highest BCUT2D eigenvalue weighted by Gasteiger charge is 2.09. The molecule has 0 aliphatic rings. The lowest BCUT2D eigenvalue weighted by molar-refractivity contribution is 0.433. The van der Waals surface area contributed by atoms with Gasteiger partial charge in [-0.1, -0.05) is 25.1 Å². The maximum absolute atomic E-state index is 5.54. The molecule has 0 fully saturated rings. The van der Waals surface area contributed by atoms with E-state index in [4.69, 9.17) is 4.42 Å². The van der Waals surface area contributed by atoms with Crippen LogP contribution in [0.1, 0.15) is 24.5 Å². The molecule has 0 saturated heterocycles. The van der Waals surface area contributed by atoms with Crippen LogP contribution in [0.5, 0.6) is 0 Å². The summed E-state index contributed by atoms with van der Waals surface area (Å²) in [5, 5.41) is 12.6. The normalized spacial score (nSPS) is 11.0. The SMILES string of the molecule is CCc1nnc(Cn2ccc(-c3cccc(-c4ccnc(C)n4)c3)n2)o1. The molecule has 0 atom stereocenters. The Morgan fingerprint density at radius 1 is 1.00 bits per heavy atom. The van der Waals surface area contributed by atoms with E-state index in [2.05, 4.69) is 31.3 Å². The number of hydrogen-bond donors (Lipinski definition) is 0. The van der Waals surface area contributed by atoms with Crippen LogP contribution >= 0.6 is 0 Å². The van der Waals surface area contributed by atoms with E-state index in [-0.39, 0.29) is 0 Å². The molecule has 0 aliphatic heterocycles. The molecule has 130 valence electrons. The maximum Gasteiger partial charge on any atom is 0.237 e. The Morgan fingerprint density at radius 2 is 1.81 bits per heavy atom. The van der Waals surface area contributed by atoms with Crippen LogP contribution in [0.15, 0.2) is 53.2 Å². The van der Waals surface area contributed by atoms with E-state index in [0.717, 1.165) is 34.8 Å². The molecule has 0 N–H and O–H groups in total. The minimum atomic E-state index is 0.456. The molecule has 3 aromatic heterocycles. The van der Waals surface area contributed by atoms with Gasteiger partial charge >= 0.3 is 0 Å². The van der Waals surface area contributed by atoms with Crippen molar-refractivity contribution in [1.82, 2.24) is 29.9 Å². The zero-order valence-corrected chi connectivity index (χ0v) is 14.6. The average Bonchev–Trinajstić information content (AvgIpc) is 3.32. The fourth-order valence-electron chi connectivity index (χ4n) is 2.69. The van der Waals surface area contributed by atoms with Crippen molar-refractivity contribution in [1.29, 1.82) is 0 Å². The van der Waals surface area contributed by atoms with Crippen molar-refractivity contribution < 1.29 is 4.42 Å². The molecular formula is C19H18N6O. The van der Waals surface area contributed by atoms with Crippen LogP contribution in [0.2, 0.25) is 0 Å². The Morgan fingerprint density at radius 3 is 2.58 bits per heavy atom. The van der Waals surface area contributed by atoms with Crippen LogP contribution in [0.4, 0.5) is 0 Å². The van der Waals surface area contributed by atoms with Crippen molar-refractivity contribution in [2.45, 2.75) is 26.8 Å². The number of nitrogens with zero attached hydrogens (tertiary/aromatic N) is 6. The fourth-order valence-corrected chi connectivity index (χ4v) is 2.69. The molecular weight excluding hydrogens is 328 g/mol. The Labute approximate surface area is 150 Å². The summed E-state index contributed by atoms with van der Waals surface area (Å²) >= 11 is 0. The van der Waals surface area contributed by atoms with Gasteiger partial charge in [-0.3, -0.25) is 4.68 Å². The third-order valence-electron chi connectivity index (χ3n) is 3.98. The van der Waals surface area contributed by atoms with Gasteiger partial charge in [0.15, 0.2) is 0 Å². The van der Waals surface area contributed by atoms with Crippen LogP contribution in [0.25, 0.3) is 22.5 Å². The highest BCUT2D eigenvalue weighted by Crippen LogP contribution is 2.24. The first-order chi connectivity index (χ1) is 12.7. The molecule has 0 radical (unpaired) electrons. The summed E-state index contributed by atoms with van der Waals surface area (Å²) in [5.41, 5.74) is 3.84. The molecule has 4 rings (SSSR count). The van der Waals surface area contributed by atoms with Gasteiger partial charge in [0.2, 0.25) is 11.8 Å². The third kappa shape index (κ3) is 3.37. The fraction of sp³-hybridized carbons (Fsp3) is 0.211. The Bertz CT molecular complexity index is 1040. The van der Waals surface area contributed by atoms with Crippen molar-refractivity contribution in [2.75, 3.05) is 0 Å². The largest absolute Gasteiger partial charge is 0.423 e. The second-order valence-electron chi connectivity index (χ2n) is 5.91. The van der Waals surface area contributed by atoms with E-state index in [0.29, 0.717) is 18.3 Å². The maximum atomic E-state index is 5.54. The molecule has 26 heavy (non-hydrogen) atoms. The van der Waals surface area contributed by atoms with Gasteiger partial charge in [0.1, 0.15) is 12.4 Å².